The van der Waals surface area contributed by atoms with E-state index in [0.29, 0.717) is 4.88 Å². The smallest absolute Gasteiger partial charge is 0.348 e. The molecule has 0 radical (unpaired) electrons. The second-order valence-corrected chi connectivity index (χ2v) is 7.42. The van der Waals surface area contributed by atoms with Crippen LogP contribution in [0.2, 0.25) is 0 Å². The molecule has 140 valence electrons. The van der Waals surface area contributed by atoms with Crippen molar-refractivity contribution < 1.29 is 28.6 Å². The summed E-state index contributed by atoms with van der Waals surface area (Å²) in [5.41, 5.74) is 6.14. The van der Waals surface area contributed by atoms with Gasteiger partial charge in [-0.25, -0.2) is 14.4 Å². The van der Waals surface area contributed by atoms with Crippen LogP contribution in [0.4, 0.5) is 5.00 Å². The van der Waals surface area contributed by atoms with Crippen LogP contribution in [0.1, 0.15) is 54.0 Å². The van der Waals surface area contributed by atoms with Crippen LogP contribution in [0.5, 0.6) is 0 Å². The topological polar surface area (TPSA) is 105 Å². The highest BCUT2D eigenvalue weighted by Crippen LogP contribution is 2.33. The van der Waals surface area contributed by atoms with Gasteiger partial charge < -0.3 is 19.9 Å². The predicted octanol–water partition coefficient (Wildman–Crippen LogP) is 3.41. The van der Waals surface area contributed by atoms with Crippen LogP contribution < -0.4 is 5.73 Å². The van der Waals surface area contributed by atoms with Gasteiger partial charge in [-0.05, 0) is 32.9 Å². The van der Waals surface area contributed by atoms with Gasteiger partial charge in [0.25, 0.3) is 0 Å². The standard InChI is InChI=1S/C17H19NO6S2/c1-4-22-16(20)12-10(13(26-14(12)18)17(21)23-5-2)8-24-15(19)11-7-6-9(3)25-11/h6-7H,4-5,8,18H2,1-3H3. The number of aryl methyl sites for hydroxylation is 1. The van der Waals surface area contributed by atoms with E-state index >= 15 is 0 Å². The largest absolute Gasteiger partial charge is 0.462 e. The molecule has 2 aromatic rings. The second-order valence-electron chi connectivity index (χ2n) is 5.08. The first-order chi connectivity index (χ1) is 12.4. The molecule has 2 aromatic heterocycles. The van der Waals surface area contributed by atoms with Gasteiger partial charge >= 0.3 is 17.9 Å². The number of thiophene rings is 2. The Balaban J connectivity index is 2.31. The molecule has 0 bridgehead atoms. The van der Waals surface area contributed by atoms with Gasteiger partial charge in [-0.3, -0.25) is 0 Å². The highest BCUT2D eigenvalue weighted by Gasteiger charge is 2.28. The molecule has 0 spiro atoms. The Hall–Kier alpha value is -2.39. The fourth-order valence-corrected chi connectivity index (χ4v) is 3.88. The second kappa shape index (κ2) is 8.81. The summed E-state index contributed by atoms with van der Waals surface area (Å²) in [4.78, 5) is 38.1. The van der Waals surface area contributed by atoms with E-state index in [4.69, 9.17) is 19.9 Å². The molecule has 0 unspecified atom stereocenters. The molecule has 2 heterocycles. The van der Waals surface area contributed by atoms with E-state index in [1.807, 2.05) is 6.92 Å². The third-order valence-corrected chi connectivity index (χ3v) is 5.29. The van der Waals surface area contributed by atoms with Gasteiger partial charge in [0.05, 0.1) is 13.2 Å². The van der Waals surface area contributed by atoms with Crippen molar-refractivity contribution in [2.45, 2.75) is 27.4 Å². The maximum absolute atomic E-state index is 12.2. The molecule has 0 aliphatic heterocycles. The molecule has 0 amide bonds. The number of nitrogens with two attached hydrogens (primary N) is 1. The van der Waals surface area contributed by atoms with Crippen molar-refractivity contribution >= 4 is 45.6 Å². The predicted molar refractivity (Wildman–Crippen MR) is 98.8 cm³/mol. The molecule has 0 fully saturated rings. The van der Waals surface area contributed by atoms with Crippen molar-refractivity contribution in [1.82, 2.24) is 0 Å². The minimum atomic E-state index is -0.671. The monoisotopic (exact) mass is 397 g/mol. The van der Waals surface area contributed by atoms with Gasteiger partial charge in [0.1, 0.15) is 26.9 Å². The number of nitrogen functional groups attached to an aromatic ring is 1. The summed E-state index contributed by atoms with van der Waals surface area (Å²) in [5.74, 6) is -1.84. The molecule has 26 heavy (non-hydrogen) atoms. The van der Waals surface area contributed by atoms with Gasteiger partial charge in [0.15, 0.2) is 0 Å². The number of hydrogen-bond donors (Lipinski definition) is 1. The lowest BCUT2D eigenvalue weighted by Crippen LogP contribution is -2.13. The zero-order valence-electron chi connectivity index (χ0n) is 14.6. The van der Waals surface area contributed by atoms with Crippen molar-refractivity contribution in [3.05, 3.63) is 37.9 Å². The molecule has 7 nitrogen and oxygen atoms in total. The number of esters is 3. The molecule has 0 atom stereocenters. The summed E-state index contributed by atoms with van der Waals surface area (Å²) < 4.78 is 15.3. The van der Waals surface area contributed by atoms with Crippen LogP contribution in [0.15, 0.2) is 12.1 Å². The van der Waals surface area contributed by atoms with Gasteiger partial charge in [0.2, 0.25) is 0 Å². The summed E-state index contributed by atoms with van der Waals surface area (Å²) in [6.07, 6.45) is 0. The Labute approximate surface area is 158 Å². The summed E-state index contributed by atoms with van der Waals surface area (Å²) in [5, 5.41) is 0.115. The average Bonchev–Trinajstić information content (AvgIpc) is 3.16. The van der Waals surface area contributed by atoms with E-state index in [1.165, 1.54) is 11.3 Å². The minimum absolute atomic E-state index is 0.0371. The fraction of sp³-hybridized carbons (Fsp3) is 0.353. The first-order valence-corrected chi connectivity index (χ1v) is 9.51. The normalized spacial score (nSPS) is 10.4. The number of carbonyl (C=O) groups excluding carboxylic acids is 3. The number of rotatable bonds is 7. The molecule has 0 saturated carbocycles. The number of ether oxygens (including phenoxy) is 3. The number of carbonyl (C=O) groups is 3. The minimum Gasteiger partial charge on any atom is -0.462 e. The zero-order valence-corrected chi connectivity index (χ0v) is 16.3. The SMILES string of the molecule is CCOC(=O)c1sc(N)c(C(=O)OCC)c1COC(=O)c1ccc(C)s1. The van der Waals surface area contributed by atoms with Gasteiger partial charge in [-0.2, -0.15) is 0 Å². The Morgan fingerprint density at radius 1 is 0.962 bits per heavy atom. The van der Waals surface area contributed by atoms with Crippen LogP contribution in [0.3, 0.4) is 0 Å². The van der Waals surface area contributed by atoms with E-state index in [1.54, 1.807) is 26.0 Å². The molecule has 0 aromatic carbocycles. The molecule has 0 aliphatic rings. The van der Waals surface area contributed by atoms with Gasteiger partial charge in [-0.15, -0.1) is 22.7 Å². The van der Waals surface area contributed by atoms with E-state index < -0.39 is 17.9 Å². The summed E-state index contributed by atoms with van der Waals surface area (Å²) in [6.45, 7) is 5.23. The van der Waals surface area contributed by atoms with Crippen LogP contribution >= 0.6 is 22.7 Å². The quantitative estimate of drug-likeness (QED) is 0.564. The van der Waals surface area contributed by atoms with E-state index in [9.17, 15) is 14.4 Å². The lowest BCUT2D eigenvalue weighted by atomic mass is 10.1. The molecule has 2 N–H and O–H groups in total. The van der Waals surface area contributed by atoms with Crippen LogP contribution in [0.25, 0.3) is 0 Å². The first kappa shape index (κ1) is 19.9. The molecular formula is C17H19NO6S2. The third-order valence-electron chi connectivity index (χ3n) is 3.26. The van der Waals surface area contributed by atoms with Crippen molar-refractivity contribution in [2.24, 2.45) is 0 Å². The van der Waals surface area contributed by atoms with Crippen molar-refractivity contribution in [3.63, 3.8) is 0 Å². The Bertz CT molecular complexity index is 823. The Morgan fingerprint density at radius 2 is 1.62 bits per heavy atom. The van der Waals surface area contributed by atoms with E-state index in [0.717, 1.165) is 16.2 Å². The Morgan fingerprint density at radius 3 is 2.19 bits per heavy atom. The van der Waals surface area contributed by atoms with Crippen LogP contribution in [-0.2, 0) is 20.8 Å². The number of hydrogen-bond acceptors (Lipinski definition) is 9. The average molecular weight is 397 g/mol. The van der Waals surface area contributed by atoms with Gasteiger partial charge in [0, 0.05) is 10.4 Å². The molecule has 2 rings (SSSR count). The zero-order chi connectivity index (χ0) is 19.3. The van der Waals surface area contributed by atoms with Crippen LogP contribution in [0, 0.1) is 6.92 Å². The maximum atomic E-state index is 12.2. The van der Waals surface area contributed by atoms with E-state index in [2.05, 4.69) is 0 Å². The third kappa shape index (κ3) is 4.41. The molecule has 0 saturated heterocycles. The van der Waals surface area contributed by atoms with Crippen molar-refractivity contribution in [1.29, 1.82) is 0 Å². The molecule has 9 heteroatoms. The highest BCUT2D eigenvalue weighted by atomic mass is 32.1. The first-order valence-electron chi connectivity index (χ1n) is 7.87. The molecule has 0 aliphatic carbocycles. The summed E-state index contributed by atoms with van der Waals surface area (Å²) in [6, 6.07) is 3.46. The molecular weight excluding hydrogens is 378 g/mol. The highest BCUT2D eigenvalue weighted by molar-refractivity contribution is 7.18. The van der Waals surface area contributed by atoms with Gasteiger partial charge in [-0.1, -0.05) is 0 Å². The summed E-state index contributed by atoms with van der Waals surface area (Å²) in [7, 11) is 0. The summed E-state index contributed by atoms with van der Waals surface area (Å²) >= 11 is 2.20. The van der Waals surface area contributed by atoms with Crippen molar-refractivity contribution in [3.8, 4) is 0 Å². The number of anilines is 1. The lowest BCUT2D eigenvalue weighted by Gasteiger charge is -2.08. The fourth-order valence-electron chi connectivity index (χ4n) is 2.16. The van der Waals surface area contributed by atoms with Crippen molar-refractivity contribution in [2.75, 3.05) is 18.9 Å². The Kier molecular flexibility index (Phi) is 6.76. The lowest BCUT2D eigenvalue weighted by molar-refractivity contribution is 0.0442. The maximum Gasteiger partial charge on any atom is 0.348 e. The van der Waals surface area contributed by atoms with E-state index in [-0.39, 0.29) is 40.8 Å². The van der Waals surface area contributed by atoms with Crippen LogP contribution in [-0.4, -0.2) is 31.1 Å².